The number of carboxylic acids is 1. The molecular formula is C13H13N3O3. The van der Waals surface area contributed by atoms with Crippen LogP contribution in [0.15, 0.2) is 42.9 Å². The first-order chi connectivity index (χ1) is 9.09. The molecule has 0 saturated heterocycles. The minimum absolute atomic E-state index is 0.238. The minimum atomic E-state index is -0.989. The van der Waals surface area contributed by atoms with E-state index in [0.717, 1.165) is 0 Å². The number of anilines is 1. The third-order valence-electron chi connectivity index (χ3n) is 2.71. The van der Waals surface area contributed by atoms with E-state index in [1.54, 1.807) is 49.9 Å². The molecular weight excluding hydrogens is 246 g/mol. The summed E-state index contributed by atoms with van der Waals surface area (Å²) in [5.41, 5.74) is 1.03. The SMILES string of the molecule is CN(C(=O)c1cccn1CC(=O)O)c1ccncc1. The Balaban J connectivity index is 2.25. The molecule has 0 aliphatic rings. The fraction of sp³-hybridized carbons (Fsp3) is 0.154. The minimum Gasteiger partial charge on any atom is -0.480 e. The maximum absolute atomic E-state index is 12.3. The number of hydrogen-bond donors (Lipinski definition) is 1. The van der Waals surface area contributed by atoms with Crippen LogP contribution in [0.2, 0.25) is 0 Å². The van der Waals surface area contributed by atoms with Crippen LogP contribution in [0.25, 0.3) is 0 Å². The summed E-state index contributed by atoms with van der Waals surface area (Å²) in [6, 6.07) is 6.67. The first-order valence-electron chi connectivity index (χ1n) is 5.64. The summed E-state index contributed by atoms with van der Waals surface area (Å²) in [6.07, 6.45) is 4.76. The average Bonchev–Trinajstić information content (AvgIpc) is 2.85. The smallest absolute Gasteiger partial charge is 0.323 e. The van der Waals surface area contributed by atoms with E-state index in [2.05, 4.69) is 4.98 Å². The van der Waals surface area contributed by atoms with Crippen LogP contribution in [0.3, 0.4) is 0 Å². The number of nitrogens with zero attached hydrogens (tertiary/aromatic N) is 3. The molecule has 0 aromatic carbocycles. The van der Waals surface area contributed by atoms with Gasteiger partial charge in [-0.3, -0.25) is 14.6 Å². The van der Waals surface area contributed by atoms with Gasteiger partial charge in [0.1, 0.15) is 12.2 Å². The van der Waals surface area contributed by atoms with Crippen molar-refractivity contribution < 1.29 is 14.7 Å². The Labute approximate surface area is 109 Å². The fourth-order valence-electron chi connectivity index (χ4n) is 1.75. The van der Waals surface area contributed by atoms with Gasteiger partial charge in [-0.2, -0.15) is 0 Å². The molecule has 98 valence electrons. The maximum atomic E-state index is 12.3. The lowest BCUT2D eigenvalue weighted by Crippen LogP contribution is -2.29. The molecule has 0 aliphatic heterocycles. The van der Waals surface area contributed by atoms with Crippen LogP contribution >= 0.6 is 0 Å². The van der Waals surface area contributed by atoms with E-state index < -0.39 is 5.97 Å². The number of aromatic nitrogens is 2. The van der Waals surface area contributed by atoms with Crippen molar-refractivity contribution in [1.82, 2.24) is 9.55 Å². The molecule has 6 nitrogen and oxygen atoms in total. The van der Waals surface area contributed by atoms with Crippen molar-refractivity contribution in [2.75, 3.05) is 11.9 Å². The van der Waals surface area contributed by atoms with Crippen molar-refractivity contribution in [3.8, 4) is 0 Å². The Kier molecular flexibility index (Phi) is 3.61. The van der Waals surface area contributed by atoms with Gasteiger partial charge in [0, 0.05) is 31.3 Å². The monoisotopic (exact) mass is 259 g/mol. The zero-order valence-electron chi connectivity index (χ0n) is 10.4. The van der Waals surface area contributed by atoms with E-state index in [0.29, 0.717) is 11.4 Å². The van der Waals surface area contributed by atoms with Crippen molar-refractivity contribution >= 4 is 17.6 Å². The van der Waals surface area contributed by atoms with Gasteiger partial charge in [-0.05, 0) is 24.3 Å². The quantitative estimate of drug-likeness (QED) is 0.896. The lowest BCUT2D eigenvalue weighted by atomic mass is 10.3. The highest BCUT2D eigenvalue weighted by Gasteiger charge is 2.17. The highest BCUT2D eigenvalue weighted by molar-refractivity contribution is 6.04. The molecule has 2 aromatic rings. The van der Waals surface area contributed by atoms with Gasteiger partial charge >= 0.3 is 5.97 Å². The second kappa shape index (κ2) is 5.34. The van der Waals surface area contributed by atoms with Crippen molar-refractivity contribution in [1.29, 1.82) is 0 Å². The Bertz CT molecular complexity index is 592. The standard InChI is InChI=1S/C13H13N3O3/c1-15(10-4-6-14-7-5-10)13(19)11-3-2-8-16(11)9-12(17)18/h2-8H,9H2,1H3,(H,17,18). The third kappa shape index (κ3) is 2.79. The van der Waals surface area contributed by atoms with Crippen molar-refractivity contribution in [3.05, 3.63) is 48.5 Å². The number of amides is 1. The molecule has 6 heteroatoms. The Morgan fingerprint density at radius 2 is 2.00 bits per heavy atom. The highest BCUT2D eigenvalue weighted by Crippen LogP contribution is 2.14. The highest BCUT2D eigenvalue weighted by atomic mass is 16.4. The number of pyridine rings is 1. The van der Waals surface area contributed by atoms with Crippen LogP contribution < -0.4 is 4.90 Å². The Morgan fingerprint density at radius 1 is 1.32 bits per heavy atom. The molecule has 2 heterocycles. The van der Waals surface area contributed by atoms with Crippen molar-refractivity contribution in [3.63, 3.8) is 0 Å². The summed E-state index contributed by atoms with van der Waals surface area (Å²) in [7, 11) is 1.63. The van der Waals surface area contributed by atoms with E-state index in [9.17, 15) is 9.59 Å². The molecule has 0 radical (unpaired) electrons. The number of aliphatic carboxylic acids is 1. The molecule has 2 aromatic heterocycles. The van der Waals surface area contributed by atoms with Crippen LogP contribution in [0.4, 0.5) is 5.69 Å². The zero-order chi connectivity index (χ0) is 13.8. The lowest BCUT2D eigenvalue weighted by Gasteiger charge is -2.17. The van der Waals surface area contributed by atoms with Gasteiger partial charge in [0.25, 0.3) is 5.91 Å². The molecule has 1 amide bonds. The second-order valence-electron chi connectivity index (χ2n) is 3.98. The molecule has 19 heavy (non-hydrogen) atoms. The van der Waals surface area contributed by atoms with Crippen LogP contribution in [0.5, 0.6) is 0 Å². The van der Waals surface area contributed by atoms with E-state index in [1.807, 2.05) is 0 Å². The molecule has 0 aliphatic carbocycles. The predicted octanol–water partition coefficient (Wildman–Crippen LogP) is 1.24. The topological polar surface area (TPSA) is 75.4 Å². The number of carboxylic acid groups (broad SMARTS) is 1. The third-order valence-corrected chi connectivity index (χ3v) is 2.71. The van der Waals surface area contributed by atoms with Gasteiger partial charge in [0.2, 0.25) is 0 Å². The summed E-state index contributed by atoms with van der Waals surface area (Å²) >= 11 is 0. The van der Waals surface area contributed by atoms with Gasteiger partial charge in [-0.15, -0.1) is 0 Å². The summed E-state index contributed by atoms with van der Waals surface area (Å²) in [5, 5.41) is 8.79. The largest absolute Gasteiger partial charge is 0.480 e. The fourth-order valence-corrected chi connectivity index (χ4v) is 1.75. The van der Waals surface area contributed by atoms with E-state index in [4.69, 9.17) is 5.11 Å². The van der Waals surface area contributed by atoms with E-state index in [1.165, 1.54) is 9.47 Å². The molecule has 2 rings (SSSR count). The van der Waals surface area contributed by atoms with Crippen molar-refractivity contribution in [2.24, 2.45) is 0 Å². The van der Waals surface area contributed by atoms with Gasteiger partial charge in [-0.25, -0.2) is 0 Å². The van der Waals surface area contributed by atoms with Gasteiger partial charge < -0.3 is 14.6 Å². The summed E-state index contributed by atoms with van der Waals surface area (Å²) < 4.78 is 1.41. The van der Waals surface area contributed by atoms with E-state index >= 15 is 0 Å². The first kappa shape index (κ1) is 12.8. The number of rotatable bonds is 4. The number of hydrogen-bond acceptors (Lipinski definition) is 3. The van der Waals surface area contributed by atoms with E-state index in [-0.39, 0.29) is 12.5 Å². The van der Waals surface area contributed by atoms with Crippen molar-refractivity contribution in [2.45, 2.75) is 6.54 Å². The van der Waals surface area contributed by atoms with Gasteiger partial charge in [-0.1, -0.05) is 0 Å². The summed E-state index contributed by atoms with van der Waals surface area (Å²) in [4.78, 5) is 28.4. The summed E-state index contributed by atoms with van der Waals surface area (Å²) in [6.45, 7) is -0.238. The molecule has 0 saturated carbocycles. The van der Waals surface area contributed by atoms with Gasteiger partial charge in [0.15, 0.2) is 0 Å². The lowest BCUT2D eigenvalue weighted by molar-refractivity contribution is -0.137. The number of carbonyl (C=O) groups excluding carboxylic acids is 1. The summed E-state index contributed by atoms with van der Waals surface area (Å²) in [5.74, 6) is -1.26. The molecule has 0 fully saturated rings. The van der Waals surface area contributed by atoms with Crippen LogP contribution in [0, 0.1) is 0 Å². The normalized spacial score (nSPS) is 10.2. The predicted molar refractivity (Wildman–Crippen MR) is 69.0 cm³/mol. The zero-order valence-corrected chi connectivity index (χ0v) is 10.4. The molecule has 0 unspecified atom stereocenters. The Hall–Kier alpha value is -2.63. The molecule has 1 N–H and O–H groups in total. The second-order valence-corrected chi connectivity index (χ2v) is 3.98. The Morgan fingerprint density at radius 3 is 2.63 bits per heavy atom. The molecule has 0 spiro atoms. The average molecular weight is 259 g/mol. The molecule has 0 bridgehead atoms. The van der Waals surface area contributed by atoms with Gasteiger partial charge in [0.05, 0.1) is 0 Å². The number of carbonyl (C=O) groups is 2. The van der Waals surface area contributed by atoms with Crippen LogP contribution in [-0.2, 0) is 11.3 Å². The maximum Gasteiger partial charge on any atom is 0.323 e. The van der Waals surface area contributed by atoms with Crippen LogP contribution in [-0.4, -0.2) is 33.6 Å². The first-order valence-corrected chi connectivity index (χ1v) is 5.64. The van der Waals surface area contributed by atoms with Crippen LogP contribution in [0.1, 0.15) is 10.5 Å². The molecule has 0 atom stereocenters.